The lowest BCUT2D eigenvalue weighted by Gasteiger charge is -2.05. The van der Waals surface area contributed by atoms with E-state index in [0.717, 1.165) is 16.8 Å². The third-order valence-electron chi connectivity index (χ3n) is 2.81. The van der Waals surface area contributed by atoms with Crippen molar-refractivity contribution in [1.82, 2.24) is 0 Å². The molecule has 0 aromatic heterocycles. The van der Waals surface area contributed by atoms with Crippen LogP contribution in [0.3, 0.4) is 0 Å². The predicted octanol–water partition coefficient (Wildman–Crippen LogP) is 2.94. The number of aryl methyl sites for hydroxylation is 1. The normalized spacial score (nSPS) is 10.1. The van der Waals surface area contributed by atoms with Crippen LogP contribution in [0.15, 0.2) is 54.6 Å². The molecule has 0 aliphatic heterocycles. The maximum atomic E-state index is 11.6. The fourth-order valence-corrected chi connectivity index (χ4v) is 1.81. The standard InChI is InChI=1S/C16H17NO2/c17-15-8-4-7-13(11-15)9-10-16(18)19-12-14-5-2-1-3-6-14/h1-8,11H,9-10,12,17H2. The zero-order valence-corrected chi connectivity index (χ0v) is 10.7. The molecule has 2 N–H and O–H groups in total. The van der Waals surface area contributed by atoms with E-state index in [1.165, 1.54) is 0 Å². The molecule has 0 bridgehead atoms. The first-order chi connectivity index (χ1) is 9.24. The van der Waals surface area contributed by atoms with Crippen LogP contribution in [0.2, 0.25) is 0 Å². The van der Waals surface area contributed by atoms with Gasteiger partial charge in [0.25, 0.3) is 0 Å². The minimum Gasteiger partial charge on any atom is -0.461 e. The highest BCUT2D eigenvalue weighted by atomic mass is 16.5. The number of ether oxygens (including phenoxy) is 1. The second-order valence-electron chi connectivity index (χ2n) is 4.39. The highest BCUT2D eigenvalue weighted by Gasteiger charge is 2.04. The number of rotatable bonds is 5. The van der Waals surface area contributed by atoms with Crippen molar-refractivity contribution in [2.45, 2.75) is 19.4 Å². The van der Waals surface area contributed by atoms with Crippen molar-refractivity contribution in [1.29, 1.82) is 0 Å². The lowest BCUT2D eigenvalue weighted by molar-refractivity contribution is -0.144. The topological polar surface area (TPSA) is 52.3 Å². The first-order valence-electron chi connectivity index (χ1n) is 6.28. The summed E-state index contributed by atoms with van der Waals surface area (Å²) in [4.78, 5) is 11.6. The molecule has 0 amide bonds. The largest absolute Gasteiger partial charge is 0.461 e. The number of nitrogens with two attached hydrogens (primary N) is 1. The summed E-state index contributed by atoms with van der Waals surface area (Å²) in [7, 11) is 0. The minimum absolute atomic E-state index is 0.189. The Labute approximate surface area is 113 Å². The van der Waals surface area contributed by atoms with Gasteiger partial charge in [0, 0.05) is 12.1 Å². The second kappa shape index (κ2) is 6.59. The molecule has 19 heavy (non-hydrogen) atoms. The van der Waals surface area contributed by atoms with Crippen LogP contribution in [0.25, 0.3) is 0 Å². The van der Waals surface area contributed by atoms with Crippen LogP contribution >= 0.6 is 0 Å². The fourth-order valence-electron chi connectivity index (χ4n) is 1.81. The van der Waals surface area contributed by atoms with Crippen molar-refractivity contribution < 1.29 is 9.53 Å². The van der Waals surface area contributed by atoms with Gasteiger partial charge in [0.15, 0.2) is 0 Å². The Morgan fingerprint density at radius 3 is 2.47 bits per heavy atom. The van der Waals surface area contributed by atoms with E-state index in [1.54, 1.807) is 0 Å². The van der Waals surface area contributed by atoms with Crippen LogP contribution in [0.5, 0.6) is 0 Å². The first-order valence-corrected chi connectivity index (χ1v) is 6.28. The molecule has 0 spiro atoms. The Bertz CT molecular complexity index is 537. The number of anilines is 1. The third-order valence-corrected chi connectivity index (χ3v) is 2.81. The Kier molecular flexibility index (Phi) is 4.56. The van der Waals surface area contributed by atoms with E-state index in [4.69, 9.17) is 10.5 Å². The Hall–Kier alpha value is -2.29. The summed E-state index contributed by atoms with van der Waals surface area (Å²) in [6.45, 7) is 0.330. The van der Waals surface area contributed by atoms with Gasteiger partial charge in [-0.1, -0.05) is 42.5 Å². The van der Waals surface area contributed by atoms with E-state index in [-0.39, 0.29) is 5.97 Å². The predicted molar refractivity (Wildman–Crippen MR) is 75.4 cm³/mol. The summed E-state index contributed by atoms with van der Waals surface area (Å²) in [5.41, 5.74) is 8.45. The summed E-state index contributed by atoms with van der Waals surface area (Å²) >= 11 is 0. The number of benzene rings is 2. The molecule has 0 aliphatic rings. The average molecular weight is 255 g/mol. The molecule has 98 valence electrons. The average Bonchev–Trinajstić information content (AvgIpc) is 2.44. The van der Waals surface area contributed by atoms with Gasteiger partial charge in [-0.15, -0.1) is 0 Å². The molecule has 0 saturated carbocycles. The van der Waals surface area contributed by atoms with Gasteiger partial charge in [-0.3, -0.25) is 4.79 Å². The minimum atomic E-state index is -0.189. The van der Waals surface area contributed by atoms with Gasteiger partial charge in [-0.25, -0.2) is 0 Å². The van der Waals surface area contributed by atoms with Crippen LogP contribution in [0, 0.1) is 0 Å². The number of nitrogen functional groups attached to an aromatic ring is 1. The molecule has 0 aliphatic carbocycles. The number of hydrogen-bond donors (Lipinski definition) is 1. The van der Waals surface area contributed by atoms with Crippen molar-refractivity contribution in [3.8, 4) is 0 Å². The Morgan fingerprint density at radius 1 is 1.00 bits per heavy atom. The zero-order chi connectivity index (χ0) is 13.5. The van der Waals surface area contributed by atoms with Crippen molar-refractivity contribution in [3.63, 3.8) is 0 Å². The molecule has 0 saturated heterocycles. The molecule has 2 rings (SSSR count). The zero-order valence-electron chi connectivity index (χ0n) is 10.7. The Morgan fingerprint density at radius 2 is 1.74 bits per heavy atom. The van der Waals surface area contributed by atoms with E-state index in [9.17, 15) is 4.79 Å². The van der Waals surface area contributed by atoms with Gasteiger partial charge < -0.3 is 10.5 Å². The van der Waals surface area contributed by atoms with Crippen LogP contribution in [-0.2, 0) is 22.6 Å². The summed E-state index contributed by atoms with van der Waals surface area (Å²) in [5.74, 6) is -0.189. The Balaban J connectivity index is 1.76. The monoisotopic (exact) mass is 255 g/mol. The smallest absolute Gasteiger partial charge is 0.306 e. The van der Waals surface area contributed by atoms with E-state index in [0.29, 0.717) is 19.4 Å². The lowest BCUT2D eigenvalue weighted by Crippen LogP contribution is -2.06. The molecule has 0 heterocycles. The molecule has 0 unspecified atom stereocenters. The summed E-state index contributed by atoms with van der Waals surface area (Å²) in [6.07, 6.45) is 1.02. The molecule has 0 atom stereocenters. The SMILES string of the molecule is Nc1cccc(CCC(=O)OCc2ccccc2)c1. The highest BCUT2D eigenvalue weighted by molar-refractivity contribution is 5.69. The van der Waals surface area contributed by atoms with Crippen molar-refractivity contribution >= 4 is 11.7 Å². The van der Waals surface area contributed by atoms with Crippen molar-refractivity contribution in [2.24, 2.45) is 0 Å². The van der Waals surface area contributed by atoms with Gasteiger partial charge in [-0.05, 0) is 29.7 Å². The quantitative estimate of drug-likeness (QED) is 0.660. The summed E-state index contributed by atoms with van der Waals surface area (Å²) < 4.78 is 5.21. The maximum absolute atomic E-state index is 11.6. The van der Waals surface area contributed by atoms with Gasteiger partial charge in [0.05, 0.1) is 0 Å². The molecule has 0 fully saturated rings. The number of esters is 1. The fraction of sp³-hybridized carbons (Fsp3) is 0.188. The number of carbonyl (C=O) groups excluding carboxylic acids is 1. The number of carbonyl (C=O) groups is 1. The maximum Gasteiger partial charge on any atom is 0.306 e. The highest BCUT2D eigenvalue weighted by Crippen LogP contribution is 2.09. The van der Waals surface area contributed by atoms with E-state index < -0.39 is 0 Å². The van der Waals surface area contributed by atoms with E-state index in [2.05, 4.69) is 0 Å². The first kappa shape index (κ1) is 13.1. The van der Waals surface area contributed by atoms with Gasteiger partial charge >= 0.3 is 5.97 Å². The molecular formula is C16H17NO2. The molecule has 2 aromatic rings. The van der Waals surface area contributed by atoms with Crippen molar-refractivity contribution in [2.75, 3.05) is 5.73 Å². The van der Waals surface area contributed by atoms with Crippen LogP contribution < -0.4 is 5.73 Å². The lowest BCUT2D eigenvalue weighted by atomic mass is 10.1. The molecule has 2 aromatic carbocycles. The molecule has 0 radical (unpaired) electrons. The summed E-state index contributed by atoms with van der Waals surface area (Å²) in [6, 6.07) is 17.2. The van der Waals surface area contributed by atoms with Crippen LogP contribution in [0.4, 0.5) is 5.69 Å². The van der Waals surface area contributed by atoms with Gasteiger partial charge in [0.2, 0.25) is 0 Å². The number of hydrogen-bond acceptors (Lipinski definition) is 3. The summed E-state index contributed by atoms with van der Waals surface area (Å²) in [5, 5.41) is 0. The van der Waals surface area contributed by atoms with Crippen molar-refractivity contribution in [3.05, 3.63) is 65.7 Å². The van der Waals surface area contributed by atoms with Gasteiger partial charge in [0.1, 0.15) is 6.61 Å². The van der Waals surface area contributed by atoms with E-state index >= 15 is 0 Å². The molecule has 3 nitrogen and oxygen atoms in total. The molecular weight excluding hydrogens is 238 g/mol. The molecule has 3 heteroatoms. The van der Waals surface area contributed by atoms with Gasteiger partial charge in [-0.2, -0.15) is 0 Å². The third kappa shape index (κ3) is 4.47. The van der Waals surface area contributed by atoms with Crippen LogP contribution in [0.1, 0.15) is 17.5 Å². The van der Waals surface area contributed by atoms with Crippen LogP contribution in [-0.4, -0.2) is 5.97 Å². The second-order valence-corrected chi connectivity index (χ2v) is 4.39. The van der Waals surface area contributed by atoms with E-state index in [1.807, 2.05) is 54.6 Å².